The largest absolute Gasteiger partial charge is 0.311 e. The van der Waals surface area contributed by atoms with Crippen molar-refractivity contribution in [2.24, 2.45) is 0 Å². The lowest BCUT2D eigenvalue weighted by Crippen LogP contribution is -2.09. The summed E-state index contributed by atoms with van der Waals surface area (Å²) >= 11 is 0. The molecular formula is C48H32N4. The van der Waals surface area contributed by atoms with Crippen molar-refractivity contribution in [1.29, 1.82) is 0 Å². The number of fused-ring (bicyclic) bond motifs is 6. The Morgan fingerprint density at radius 3 is 1.69 bits per heavy atom. The molecule has 52 heavy (non-hydrogen) atoms. The summed E-state index contributed by atoms with van der Waals surface area (Å²) in [7, 11) is 0. The van der Waals surface area contributed by atoms with Gasteiger partial charge in [-0.25, -0.2) is 9.97 Å². The van der Waals surface area contributed by atoms with Gasteiger partial charge in [-0.15, -0.1) is 0 Å². The van der Waals surface area contributed by atoms with Gasteiger partial charge in [0.25, 0.3) is 0 Å². The molecule has 0 aliphatic rings. The number of aromatic nitrogens is 3. The first-order valence-electron chi connectivity index (χ1n) is 17.6. The molecule has 0 fully saturated rings. The molecule has 0 atom stereocenters. The fourth-order valence-corrected chi connectivity index (χ4v) is 7.63. The summed E-state index contributed by atoms with van der Waals surface area (Å²) in [6.07, 6.45) is 0. The molecule has 0 aliphatic carbocycles. The van der Waals surface area contributed by atoms with Gasteiger partial charge in [-0.3, -0.25) is 4.57 Å². The van der Waals surface area contributed by atoms with Crippen LogP contribution in [0.5, 0.6) is 0 Å². The minimum Gasteiger partial charge on any atom is -0.311 e. The van der Waals surface area contributed by atoms with Gasteiger partial charge in [-0.05, 0) is 83.6 Å². The van der Waals surface area contributed by atoms with Crippen molar-refractivity contribution in [3.63, 3.8) is 0 Å². The Balaban J connectivity index is 1.28. The summed E-state index contributed by atoms with van der Waals surface area (Å²) in [5, 5.41) is 5.74. The Morgan fingerprint density at radius 1 is 0.423 bits per heavy atom. The number of benzene rings is 8. The molecule has 2 heterocycles. The lowest BCUT2D eigenvalue weighted by molar-refractivity contribution is 1.11. The maximum Gasteiger partial charge on any atom is 0.146 e. The Hall–Kier alpha value is -7.04. The van der Waals surface area contributed by atoms with Crippen molar-refractivity contribution >= 4 is 60.5 Å². The van der Waals surface area contributed by atoms with Crippen molar-refractivity contribution in [2.45, 2.75) is 0 Å². The van der Waals surface area contributed by atoms with Crippen molar-refractivity contribution in [1.82, 2.24) is 14.5 Å². The van der Waals surface area contributed by atoms with Crippen LogP contribution in [-0.2, 0) is 0 Å². The topological polar surface area (TPSA) is 34.0 Å². The van der Waals surface area contributed by atoms with Crippen LogP contribution in [0.15, 0.2) is 194 Å². The standard InChI is InChI=1S/C48H32N4/c1-4-17-35(18-5-1)51(36-19-6-2-7-20-36)38-30-28-33(29-31-38)47-46-41(48-50-43-26-14-15-27-44(43)52(48)37-21-8-3-9-22-37)32-34-16-10-11-23-39(34)45(46)40-24-12-13-25-42(40)49-47/h1-32H. The van der Waals surface area contributed by atoms with E-state index in [0.717, 1.165) is 78.1 Å². The molecule has 10 rings (SSSR count). The van der Waals surface area contributed by atoms with Crippen LogP contribution in [0.25, 0.3) is 71.8 Å². The van der Waals surface area contributed by atoms with Crippen LogP contribution in [0.2, 0.25) is 0 Å². The first-order valence-corrected chi connectivity index (χ1v) is 17.6. The number of anilines is 3. The molecule has 0 N–H and O–H groups in total. The van der Waals surface area contributed by atoms with E-state index in [1.165, 1.54) is 10.8 Å². The highest BCUT2D eigenvalue weighted by molar-refractivity contribution is 6.26. The number of hydrogen-bond donors (Lipinski definition) is 0. The maximum atomic E-state index is 5.46. The highest BCUT2D eigenvalue weighted by Crippen LogP contribution is 2.44. The summed E-state index contributed by atoms with van der Waals surface area (Å²) in [5.74, 6) is 0.887. The van der Waals surface area contributed by atoms with Crippen LogP contribution < -0.4 is 4.90 Å². The fraction of sp³-hybridized carbons (Fsp3) is 0. The third-order valence-corrected chi connectivity index (χ3v) is 9.94. The summed E-state index contributed by atoms with van der Waals surface area (Å²) in [6.45, 7) is 0. The van der Waals surface area contributed by atoms with Gasteiger partial charge in [0.15, 0.2) is 0 Å². The molecule has 0 spiro atoms. The highest BCUT2D eigenvalue weighted by atomic mass is 15.1. The summed E-state index contributed by atoms with van der Waals surface area (Å²) in [6, 6.07) is 68.3. The van der Waals surface area contributed by atoms with Crippen LogP contribution in [0.1, 0.15) is 0 Å². The normalized spacial score (nSPS) is 11.5. The second kappa shape index (κ2) is 12.4. The van der Waals surface area contributed by atoms with Gasteiger partial charge >= 0.3 is 0 Å². The number of para-hydroxylation sites is 6. The molecule has 0 unspecified atom stereocenters. The molecule has 8 aromatic carbocycles. The minimum absolute atomic E-state index is 0.887. The Bertz CT molecular complexity index is 2820. The third kappa shape index (κ3) is 4.92. The Kier molecular flexibility index (Phi) is 7.10. The molecule has 0 aliphatic heterocycles. The van der Waals surface area contributed by atoms with E-state index in [1.54, 1.807) is 0 Å². The molecule has 10 aromatic rings. The molecule has 0 amide bonds. The van der Waals surface area contributed by atoms with Gasteiger partial charge in [0.05, 0.1) is 22.2 Å². The van der Waals surface area contributed by atoms with E-state index in [-0.39, 0.29) is 0 Å². The van der Waals surface area contributed by atoms with Gasteiger partial charge in [-0.2, -0.15) is 0 Å². The second-order valence-corrected chi connectivity index (χ2v) is 13.0. The molecule has 0 saturated heterocycles. The first kappa shape index (κ1) is 29.8. The second-order valence-electron chi connectivity index (χ2n) is 13.0. The number of nitrogens with zero attached hydrogens (tertiary/aromatic N) is 4. The Labute approximate surface area is 301 Å². The van der Waals surface area contributed by atoms with Crippen molar-refractivity contribution in [3.05, 3.63) is 194 Å². The van der Waals surface area contributed by atoms with Gasteiger partial charge in [0.2, 0.25) is 0 Å². The molecule has 4 nitrogen and oxygen atoms in total. The van der Waals surface area contributed by atoms with Crippen molar-refractivity contribution in [3.8, 4) is 28.3 Å². The summed E-state index contributed by atoms with van der Waals surface area (Å²) in [5.41, 5.74) is 10.3. The minimum atomic E-state index is 0.887. The van der Waals surface area contributed by atoms with Gasteiger partial charge < -0.3 is 4.90 Å². The van der Waals surface area contributed by atoms with Crippen molar-refractivity contribution in [2.75, 3.05) is 4.90 Å². The first-order chi connectivity index (χ1) is 25.8. The van der Waals surface area contributed by atoms with Crippen LogP contribution >= 0.6 is 0 Å². The van der Waals surface area contributed by atoms with E-state index < -0.39 is 0 Å². The third-order valence-electron chi connectivity index (χ3n) is 9.94. The van der Waals surface area contributed by atoms with E-state index in [2.05, 4.69) is 204 Å². The van der Waals surface area contributed by atoms with Gasteiger partial charge in [0, 0.05) is 50.0 Å². The zero-order valence-corrected chi connectivity index (χ0v) is 28.3. The fourth-order valence-electron chi connectivity index (χ4n) is 7.63. The number of pyridine rings is 1. The predicted octanol–water partition coefficient (Wildman–Crippen LogP) is 12.7. The molecule has 0 radical (unpaired) electrons. The van der Waals surface area contributed by atoms with Gasteiger partial charge in [0.1, 0.15) is 5.82 Å². The average molecular weight is 665 g/mol. The zero-order chi connectivity index (χ0) is 34.4. The molecule has 4 heteroatoms. The number of rotatable bonds is 6. The Morgan fingerprint density at radius 2 is 0.981 bits per heavy atom. The van der Waals surface area contributed by atoms with E-state index in [1.807, 2.05) is 0 Å². The lowest BCUT2D eigenvalue weighted by Gasteiger charge is -2.25. The van der Waals surface area contributed by atoms with Crippen LogP contribution in [0.3, 0.4) is 0 Å². The lowest BCUT2D eigenvalue weighted by atomic mass is 9.91. The molecule has 0 bridgehead atoms. The summed E-state index contributed by atoms with van der Waals surface area (Å²) < 4.78 is 2.29. The van der Waals surface area contributed by atoms with E-state index in [4.69, 9.17) is 9.97 Å². The molecular weight excluding hydrogens is 633 g/mol. The van der Waals surface area contributed by atoms with Crippen LogP contribution in [0, 0.1) is 0 Å². The van der Waals surface area contributed by atoms with Crippen LogP contribution in [-0.4, -0.2) is 14.5 Å². The SMILES string of the molecule is c1ccc(N(c2ccccc2)c2ccc(-c3nc4ccccc4c4c3c(-c3nc5ccccc5n3-c3ccccc3)cc3ccccc34)cc2)cc1. The van der Waals surface area contributed by atoms with Crippen molar-refractivity contribution < 1.29 is 0 Å². The molecule has 2 aromatic heterocycles. The zero-order valence-electron chi connectivity index (χ0n) is 28.3. The smallest absolute Gasteiger partial charge is 0.146 e. The highest BCUT2D eigenvalue weighted by Gasteiger charge is 2.23. The van der Waals surface area contributed by atoms with E-state index in [0.29, 0.717) is 0 Å². The molecule has 244 valence electrons. The van der Waals surface area contributed by atoms with Crippen LogP contribution in [0.4, 0.5) is 17.1 Å². The summed E-state index contributed by atoms with van der Waals surface area (Å²) in [4.78, 5) is 13.1. The predicted molar refractivity (Wildman–Crippen MR) is 217 cm³/mol. The maximum absolute atomic E-state index is 5.46. The monoisotopic (exact) mass is 664 g/mol. The quantitative estimate of drug-likeness (QED) is 0.166. The molecule has 0 saturated carbocycles. The number of hydrogen-bond acceptors (Lipinski definition) is 3. The number of imidazole rings is 1. The van der Waals surface area contributed by atoms with E-state index >= 15 is 0 Å². The van der Waals surface area contributed by atoms with Gasteiger partial charge in [-0.1, -0.05) is 121 Å². The average Bonchev–Trinajstić information content (AvgIpc) is 3.61. The van der Waals surface area contributed by atoms with E-state index in [9.17, 15) is 0 Å².